The van der Waals surface area contributed by atoms with Gasteiger partial charge < -0.3 is 14.7 Å². The fourth-order valence-corrected chi connectivity index (χ4v) is 4.77. The average molecular weight is 424 g/mol. The van der Waals surface area contributed by atoms with Crippen LogP contribution in [0, 0.1) is 0 Å². The first kappa shape index (κ1) is 19.5. The maximum absolute atomic E-state index is 11.9. The SMILES string of the molecule is O=C1C[C@@H](O)CN1CCN(Cc1ccc(Oc2nc3ccccc3s2)cc1)C1CC1. The quantitative estimate of drug-likeness (QED) is 0.599. The van der Waals surface area contributed by atoms with Crippen molar-refractivity contribution in [3.8, 4) is 10.9 Å². The third kappa shape index (κ3) is 4.48. The molecule has 0 bridgehead atoms. The number of aromatic nitrogens is 1. The van der Waals surface area contributed by atoms with Gasteiger partial charge in [0.1, 0.15) is 5.75 Å². The summed E-state index contributed by atoms with van der Waals surface area (Å²) in [4.78, 5) is 20.7. The van der Waals surface area contributed by atoms with Crippen molar-refractivity contribution >= 4 is 27.5 Å². The molecule has 1 amide bonds. The van der Waals surface area contributed by atoms with Gasteiger partial charge in [0.15, 0.2) is 0 Å². The Morgan fingerprint density at radius 1 is 1.17 bits per heavy atom. The van der Waals surface area contributed by atoms with Gasteiger partial charge >= 0.3 is 0 Å². The summed E-state index contributed by atoms with van der Waals surface area (Å²) in [5.41, 5.74) is 2.18. The van der Waals surface area contributed by atoms with Crippen molar-refractivity contribution in [3.63, 3.8) is 0 Å². The van der Waals surface area contributed by atoms with Gasteiger partial charge in [-0.3, -0.25) is 9.69 Å². The van der Waals surface area contributed by atoms with Crippen molar-refractivity contribution in [1.29, 1.82) is 0 Å². The number of carbonyl (C=O) groups is 1. The topological polar surface area (TPSA) is 65.9 Å². The largest absolute Gasteiger partial charge is 0.431 e. The highest BCUT2D eigenvalue weighted by atomic mass is 32.1. The molecule has 1 atom stereocenters. The molecule has 3 aromatic rings. The maximum atomic E-state index is 11.9. The third-order valence-corrected chi connectivity index (χ3v) is 6.62. The first-order valence-corrected chi connectivity index (χ1v) is 11.3. The molecule has 0 spiro atoms. The number of rotatable bonds is 8. The van der Waals surface area contributed by atoms with Crippen molar-refractivity contribution in [2.45, 2.75) is 38.0 Å². The lowest BCUT2D eigenvalue weighted by atomic mass is 10.2. The molecular formula is C23H25N3O3S. The minimum absolute atomic E-state index is 0.0644. The van der Waals surface area contributed by atoms with Gasteiger partial charge in [0, 0.05) is 32.2 Å². The van der Waals surface area contributed by atoms with E-state index in [9.17, 15) is 9.90 Å². The van der Waals surface area contributed by atoms with Crippen molar-refractivity contribution in [1.82, 2.24) is 14.8 Å². The Kier molecular flexibility index (Phi) is 5.41. The Morgan fingerprint density at radius 2 is 1.97 bits per heavy atom. The molecule has 2 heterocycles. The number of likely N-dealkylation sites (tertiary alicyclic amines) is 1. The second-order valence-electron chi connectivity index (χ2n) is 8.09. The van der Waals surface area contributed by atoms with Gasteiger partial charge in [0.25, 0.3) is 5.19 Å². The number of aliphatic hydroxyl groups excluding tert-OH is 1. The summed E-state index contributed by atoms with van der Waals surface area (Å²) in [6.07, 6.45) is 2.19. The number of benzene rings is 2. The van der Waals surface area contributed by atoms with E-state index in [2.05, 4.69) is 22.0 Å². The van der Waals surface area contributed by atoms with Crippen LogP contribution >= 0.6 is 11.3 Å². The van der Waals surface area contributed by atoms with Crippen LogP contribution in [0.5, 0.6) is 10.9 Å². The molecule has 0 unspecified atom stereocenters. The Bertz CT molecular complexity index is 999. The van der Waals surface area contributed by atoms with Crippen LogP contribution < -0.4 is 4.74 Å². The molecule has 156 valence electrons. The number of carbonyl (C=O) groups excluding carboxylic acids is 1. The zero-order valence-electron chi connectivity index (χ0n) is 16.7. The summed E-state index contributed by atoms with van der Waals surface area (Å²) >= 11 is 1.55. The van der Waals surface area contributed by atoms with Crippen LogP contribution in [-0.4, -0.2) is 57.6 Å². The third-order valence-electron chi connectivity index (χ3n) is 5.70. The van der Waals surface area contributed by atoms with E-state index in [4.69, 9.17) is 4.74 Å². The van der Waals surface area contributed by atoms with Gasteiger partial charge in [0.05, 0.1) is 22.7 Å². The average Bonchev–Trinajstić information content (AvgIpc) is 3.42. The minimum Gasteiger partial charge on any atom is -0.431 e. The Morgan fingerprint density at radius 3 is 2.67 bits per heavy atom. The van der Waals surface area contributed by atoms with Crippen LogP contribution in [0.3, 0.4) is 0 Å². The summed E-state index contributed by atoms with van der Waals surface area (Å²) in [5, 5.41) is 10.3. The standard InChI is InChI=1S/C23H25N3O3S/c27-18-13-22(28)26(15-18)12-11-25(17-7-8-17)14-16-5-9-19(10-6-16)29-23-24-20-3-1-2-4-21(20)30-23/h1-6,9-10,17-18,27H,7-8,11-15H2/t18-/m1/s1. The van der Waals surface area contributed by atoms with E-state index >= 15 is 0 Å². The number of nitrogens with zero attached hydrogens (tertiary/aromatic N) is 3. The highest BCUT2D eigenvalue weighted by molar-refractivity contribution is 7.20. The minimum atomic E-state index is -0.505. The van der Waals surface area contributed by atoms with Gasteiger partial charge in [-0.1, -0.05) is 35.6 Å². The van der Waals surface area contributed by atoms with Crippen molar-refractivity contribution < 1.29 is 14.6 Å². The smallest absolute Gasteiger partial charge is 0.279 e. The maximum Gasteiger partial charge on any atom is 0.279 e. The molecule has 2 fully saturated rings. The molecule has 5 rings (SSSR count). The van der Waals surface area contributed by atoms with Crippen LogP contribution in [0.4, 0.5) is 0 Å². The monoisotopic (exact) mass is 423 g/mol. The van der Waals surface area contributed by atoms with E-state index in [0.29, 0.717) is 24.3 Å². The van der Waals surface area contributed by atoms with E-state index < -0.39 is 6.10 Å². The lowest BCUT2D eigenvalue weighted by Gasteiger charge is -2.25. The van der Waals surface area contributed by atoms with Gasteiger partial charge in [-0.25, -0.2) is 4.98 Å². The van der Waals surface area contributed by atoms with Gasteiger partial charge in [0.2, 0.25) is 5.91 Å². The van der Waals surface area contributed by atoms with Crippen LogP contribution in [0.15, 0.2) is 48.5 Å². The normalized spacial score (nSPS) is 19.2. The Hall–Kier alpha value is -2.48. The molecule has 30 heavy (non-hydrogen) atoms. The molecule has 1 aliphatic carbocycles. The molecule has 7 heteroatoms. The second kappa shape index (κ2) is 8.34. The van der Waals surface area contributed by atoms with Gasteiger partial charge in [-0.15, -0.1) is 0 Å². The summed E-state index contributed by atoms with van der Waals surface area (Å²) in [5.74, 6) is 0.849. The van der Waals surface area contributed by atoms with Crippen LogP contribution in [0.2, 0.25) is 0 Å². The number of aliphatic hydroxyl groups is 1. The number of ether oxygens (including phenoxy) is 1. The first-order valence-electron chi connectivity index (χ1n) is 10.5. The summed E-state index contributed by atoms with van der Waals surface area (Å²) in [6, 6.07) is 16.8. The van der Waals surface area contributed by atoms with Crippen LogP contribution in [0.1, 0.15) is 24.8 Å². The highest BCUT2D eigenvalue weighted by Crippen LogP contribution is 2.32. The summed E-state index contributed by atoms with van der Waals surface area (Å²) in [6.45, 7) is 2.85. The van der Waals surface area contributed by atoms with Gasteiger partial charge in [-0.05, 0) is 42.7 Å². The number of amides is 1. The van der Waals surface area contributed by atoms with Crippen molar-refractivity contribution in [3.05, 3.63) is 54.1 Å². The Labute approximate surface area is 179 Å². The number of β-amino-alcohol motifs (C(OH)–C–C–N with tert-alkyl or cyclic N) is 1. The molecule has 1 saturated carbocycles. The molecule has 2 aromatic carbocycles. The predicted molar refractivity (Wildman–Crippen MR) is 117 cm³/mol. The summed E-state index contributed by atoms with van der Waals surface area (Å²) in [7, 11) is 0. The van der Waals surface area contributed by atoms with Crippen molar-refractivity contribution in [2.75, 3.05) is 19.6 Å². The number of fused-ring (bicyclic) bond motifs is 1. The molecular weight excluding hydrogens is 398 g/mol. The predicted octanol–water partition coefficient (Wildman–Crippen LogP) is 3.65. The molecule has 1 saturated heterocycles. The molecule has 1 aliphatic heterocycles. The lowest BCUT2D eigenvalue weighted by Crippen LogP contribution is -2.37. The van der Waals surface area contributed by atoms with Crippen LogP contribution in [-0.2, 0) is 11.3 Å². The van der Waals surface area contributed by atoms with E-state index in [1.54, 1.807) is 16.2 Å². The molecule has 1 aromatic heterocycles. The first-order chi connectivity index (χ1) is 14.6. The fourth-order valence-electron chi connectivity index (χ4n) is 3.94. The summed E-state index contributed by atoms with van der Waals surface area (Å²) < 4.78 is 7.06. The number of hydrogen-bond donors (Lipinski definition) is 1. The fraction of sp³-hybridized carbons (Fsp3) is 0.391. The lowest BCUT2D eigenvalue weighted by molar-refractivity contribution is -0.128. The number of para-hydroxylation sites is 1. The van der Waals surface area contributed by atoms with E-state index in [1.807, 2.05) is 36.4 Å². The highest BCUT2D eigenvalue weighted by Gasteiger charge is 2.32. The van der Waals surface area contributed by atoms with Crippen molar-refractivity contribution in [2.24, 2.45) is 0 Å². The Balaban J connectivity index is 1.19. The molecule has 2 aliphatic rings. The molecule has 1 N–H and O–H groups in total. The molecule has 6 nitrogen and oxygen atoms in total. The second-order valence-corrected chi connectivity index (χ2v) is 9.09. The van der Waals surface area contributed by atoms with E-state index in [0.717, 1.165) is 29.1 Å². The number of hydrogen-bond acceptors (Lipinski definition) is 6. The number of thiazole rings is 1. The zero-order chi connectivity index (χ0) is 20.5. The van der Waals surface area contributed by atoms with E-state index in [-0.39, 0.29) is 12.3 Å². The zero-order valence-corrected chi connectivity index (χ0v) is 17.6. The van der Waals surface area contributed by atoms with Crippen LogP contribution in [0.25, 0.3) is 10.2 Å². The molecule has 0 radical (unpaired) electrons. The van der Waals surface area contributed by atoms with Gasteiger partial charge in [-0.2, -0.15) is 0 Å². The van der Waals surface area contributed by atoms with E-state index in [1.165, 1.54) is 18.4 Å².